The number of hydrogen-bond donors (Lipinski definition) is 2. The topological polar surface area (TPSA) is 103 Å². The van der Waals surface area contributed by atoms with E-state index in [0.717, 1.165) is 5.69 Å². The average Bonchev–Trinajstić information content (AvgIpc) is 2.58. The largest absolute Gasteiger partial charge is 0.418 e. The Labute approximate surface area is 97.8 Å². The summed E-state index contributed by atoms with van der Waals surface area (Å²) in [5, 5.41) is 11.5. The maximum Gasteiger partial charge on any atom is 0.251 e. The minimum absolute atomic E-state index is 0.188. The summed E-state index contributed by atoms with van der Waals surface area (Å²) in [6.07, 6.45) is 2.93. The Bertz CT molecular complexity index is 562. The molecule has 0 saturated heterocycles. The highest BCUT2D eigenvalue weighted by molar-refractivity contribution is 5.95. The second-order valence-electron chi connectivity index (χ2n) is 3.47. The predicted molar refractivity (Wildman–Crippen MR) is 61.1 cm³/mol. The first-order valence-corrected chi connectivity index (χ1v) is 4.92. The molecule has 88 valence electrons. The van der Waals surface area contributed by atoms with Crippen LogP contribution in [0.2, 0.25) is 0 Å². The van der Waals surface area contributed by atoms with Gasteiger partial charge in [-0.1, -0.05) is 0 Å². The highest BCUT2D eigenvalue weighted by Gasteiger charge is 2.12. The number of aromatic nitrogens is 4. The van der Waals surface area contributed by atoms with Gasteiger partial charge in [0.1, 0.15) is 5.84 Å². The van der Waals surface area contributed by atoms with Gasteiger partial charge in [-0.2, -0.15) is 5.10 Å². The molecule has 0 aromatic carbocycles. The Morgan fingerprint density at radius 1 is 1.41 bits per heavy atom. The molecule has 2 heterocycles. The van der Waals surface area contributed by atoms with Crippen LogP contribution in [0, 0.1) is 12.3 Å². The van der Waals surface area contributed by atoms with Crippen molar-refractivity contribution < 1.29 is 4.74 Å². The van der Waals surface area contributed by atoms with E-state index in [1.807, 2.05) is 6.92 Å². The minimum atomic E-state index is -0.188. The van der Waals surface area contributed by atoms with Gasteiger partial charge in [0.15, 0.2) is 5.69 Å². The van der Waals surface area contributed by atoms with Gasteiger partial charge in [0.25, 0.3) is 5.88 Å². The second kappa shape index (κ2) is 4.20. The van der Waals surface area contributed by atoms with Crippen LogP contribution in [0.15, 0.2) is 18.5 Å². The van der Waals surface area contributed by atoms with Crippen molar-refractivity contribution in [3.63, 3.8) is 0 Å². The SMILES string of the molecule is Cc1cc(Oc2nccnc2C(=N)N)n(C)n1. The fourth-order valence-corrected chi connectivity index (χ4v) is 1.37. The summed E-state index contributed by atoms with van der Waals surface area (Å²) in [6.45, 7) is 1.86. The van der Waals surface area contributed by atoms with Crippen molar-refractivity contribution in [2.24, 2.45) is 12.8 Å². The van der Waals surface area contributed by atoms with Crippen molar-refractivity contribution in [1.29, 1.82) is 5.41 Å². The van der Waals surface area contributed by atoms with Gasteiger partial charge in [-0.3, -0.25) is 5.41 Å². The van der Waals surface area contributed by atoms with Crippen LogP contribution in [-0.4, -0.2) is 25.6 Å². The first kappa shape index (κ1) is 11.1. The van der Waals surface area contributed by atoms with E-state index in [0.29, 0.717) is 5.88 Å². The maximum atomic E-state index is 7.37. The maximum absolute atomic E-state index is 7.37. The number of amidine groups is 1. The van der Waals surface area contributed by atoms with Crippen LogP contribution in [0.3, 0.4) is 0 Å². The Morgan fingerprint density at radius 2 is 2.12 bits per heavy atom. The molecule has 7 heteroatoms. The van der Waals surface area contributed by atoms with Crippen molar-refractivity contribution in [1.82, 2.24) is 19.7 Å². The van der Waals surface area contributed by atoms with E-state index in [2.05, 4.69) is 15.1 Å². The van der Waals surface area contributed by atoms with Crippen molar-refractivity contribution in [2.75, 3.05) is 0 Å². The summed E-state index contributed by atoms with van der Waals surface area (Å²) >= 11 is 0. The highest BCUT2D eigenvalue weighted by atomic mass is 16.5. The van der Waals surface area contributed by atoms with Crippen LogP contribution < -0.4 is 10.5 Å². The van der Waals surface area contributed by atoms with E-state index in [-0.39, 0.29) is 17.4 Å². The van der Waals surface area contributed by atoms with Crippen LogP contribution in [0.4, 0.5) is 0 Å². The van der Waals surface area contributed by atoms with E-state index in [9.17, 15) is 0 Å². The van der Waals surface area contributed by atoms with Gasteiger partial charge >= 0.3 is 0 Å². The van der Waals surface area contributed by atoms with Crippen molar-refractivity contribution in [2.45, 2.75) is 6.92 Å². The molecule has 0 aliphatic heterocycles. The fourth-order valence-electron chi connectivity index (χ4n) is 1.37. The Hall–Kier alpha value is -2.44. The number of nitrogens with zero attached hydrogens (tertiary/aromatic N) is 4. The number of ether oxygens (including phenoxy) is 1. The lowest BCUT2D eigenvalue weighted by Gasteiger charge is -2.07. The molecule has 0 aliphatic rings. The quantitative estimate of drug-likeness (QED) is 0.595. The van der Waals surface area contributed by atoms with Crippen molar-refractivity contribution >= 4 is 5.84 Å². The van der Waals surface area contributed by atoms with E-state index in [1.54, 1.807) is 17.8 Å². The van der Waals surface area contributed by atoms with E-state index in [4.69, 9.17) is 15.9 Å². The fraction of sp³-hybridized carbons (Fsp3) is 0.200. The van der Waals surface area contributed by atoms with Crippen molar-refractivity contribution in [3.05, 3.63) is 29.8 Å². The molecule has 2 aromatic rings. The van der Waals surface area contributed by atoms with Crippen molar-refractivity contribution in [3.8, 4) is 11.8 Å². The molecule has 0 bridgehead atoms. The van der Waals surface area contributed by atoms with Gasteiger partial charge in [0, 0.05) is 25.5 Å². The first-order chi connectivity index (χ1) is 8.08. The number of hydrogen-bond acceptors (Lipinski definition) is 5. The van der Waals surface area contributed by atoms with Crippen LogP contribution in [0.5, 0.6) is 11.8 Å². The molecule has 3 N–H and O–H groups in total. The van der Waals surface area contributed by atoms with Gasteiger partial charge in [-0.05, 0) is 6.92 Å². The molecule has 0 atom stereocenters. The summed E-state index contributed by atoms with van der Waals surface area (Å²) in [6, 6.07) is 1.76. The predicted octanol–water partition coefficient (Wildman–Crippen LogP) is 0.595. The third-order valence-corrected chi connectivity index (χ3v) is 2.08. The lowest BCUT2D eigenvalue weighted by molar-refractivity contribution is 0.412. The monoisotopic (exact) mass is 232 g/mol. The Morgan fingerprint density at radius 3 is 2.71 bits per heavy atom. The second-order valence-corrected chi connectivity index (χ2v) is 3.47. The summed E-state index contributed by atoms with van der Waals surface area (Å²) in [4.78, 5) is 7.94. The Balaban J connectivity index is 2.36. The zero-order valence-corrected chi connectivity index (χ0v) is 9.51. The van der Waals surface area contributed by atoms with Gasteiger partial charge in [-0.15, -0.1) is 0 Å². The van der Waals surface area contributed by atoms with Crippen LogP contribution in [-0.2, 0) is 7.05 Å². The molecule has 0 amide bonds. The average molecular weight is 232 g/mol. The van der Waals surface area contributed by atoms with Crippen LogP contribution in [0.1, 0.15) is 11.4 Å². The van der Waals surface area contributed by atoms with Crippen LogP contribution >= 0.6 is 0 Å². The van der Waals surface area contributed by atoms with Gasteiger partial charge < -0.3 is 10.5 Å². The van der Waals surface area contributed by atoms with E-state index in [1.165, 1.54) is 12.4 Å². The minimum Gasteiger partial charge on any atom is -0.418 e. The van der Waals surface area contributed by atoms with E-state index < -0.39 is 0 Å². The lowest BCUT2D eigenvalue weighted by atomic mass is 10.4. The number of nitrogen functional groups attached to an aromatic ring is 1. The number of rotatable bonds is 3. The molecule has 17 heavy (non-hydrogen) atoms. The molecule has 0 saturated carbocycles. The first-order valence-electron chi connectivity index (χ1n) is 4.92. The summed E-state index contributed by atoms with van der Waals surface area (Å²) < 4.78 is 7.11. The summed E-state index contributed by atoms with van der Waals surface area (Å²) in [5.74, 6) is 0.528. The summed E-state index contributed by atoms with van der Waals surface area (Å²) in [7, 11) is 1.76. The molecule has 0 unspecified atom stereocenters. The molecule has 0 radical (unpaired) electrons. The number of aryl methyl sites for hydroxylation is 2. The molecule has 0 spiro atoms. The van der Waals surface area contributed by atoms with Gasteiger partial charge in [-0.25, -0.2) is 14.6 Å². The normalized spacial score (nSPS) is 10.2. The zero-order valence-electron chi connectivity index (χ0n) is 9.51. The lowest BCUT2D eigenvalue weighted by Crippen LogP contribution is -2.15. The molecular formula is C10H12N6O. The van der Waals surface area contributed by atoms with E-state index >= 15 is 0 Å². The zero-order chi connectivity index (χ0) is 12.4. The smallest absolute Gasteiger partial charge is 0.251 e. The Kier molecular flexibility index (Phi) is 2.73. The number of nitrogens with two attached hydrogens (primary N) is 1. The molecule has 0 aliphatic carbocycles. The third-order valence-electron chi connectivity index (χ3n) is 2.08. The standard InChI is InChI=1S/C10H12N6O/c1-6-5-7(16(2)15-6)17-10-8(9(11)12)13-3-4-14-10/h3-5H,1-2H3,(H3,11,12). The summed E-state index contributed by atoms with van der Waals surface area (Å²) in [5.41, 5.74) is 6.43. The third kappa shape index (κ3) is 2.22. The van der Waals surface area contributed by atoms with Gasteiger partial charge in [0.2, 0.25) is 5.88 Å². The number of nitrogens with one attached hydrogen (secondary N) is 1. The molecule has 0 fully saturated rings. The molecule has 2 rings (SSSR count). The van der Waals surface area contributed by atoms with Gasteiger partial charge in [0.05, 0.1) is 5.69 Å². The highest BCUT2D eigenvalue weighted by Crippen LogP contribution is 2.21. The molecule has 7 nitrogen and oxygen atoms in total. The van der Waals surface area contributed by atoms with Crippen LogP contribution in [0.25, 0.3) is 0 Å². The molecular weight excluding hydrogens is 220 g/mol. The molecule has 2 aromatic heterocycles.